The van der Waals surface area contributed by atoms with Gasteiger partial charge in [0.2, 0.25) is 0 Å². The number of aromatic nitrogens is 4. The lowest BCUT2D eigenvalue weighted by Gasteiger charge is -2.32. The van der Waals surface area contributed by atoms with Crippen LogP contribution in [0.4, 0.5) is 0 Å². The van der Waals surface area contributed by atoms with Crippen molar-refractivity contribution in [2.45, 2.75) is 51.0 Å². The maximum absolute atomic E-state index is 11.5. The van der Waals surface area contributed by atoms with Gasteiger partial charge in [-0.2, -0.15) is 0 Å². The predicted octanol–water partition coefficient (Wildman–Crippen LogP) is 4.38. The second-order valence-corrected chi connectivity index (χ2v) is 10.5. The van der Waals surface area contributed by atoms with Gasteiger partial charge in [-0.05, 0) is 74.3 Å². The molecule has 0 radical (unpaired) electrons. The van der Waals surface area contributed by atoms with Crippen molar-refractivity contribution in [1.29, 1.82) is 0 Å². The van der Waals surface area contributed by atoms with Crippen LogP contribution in [0.15, 0.2) is 54.7 Å². The number of hydrogen-bond acceptors (Lipinski definition) is 6. The number of hydrogen-bond donors (Lipinski definition) is 1. The molecule has 1 atom stereocenters. The topological polar surface area (TPSA) is 94.6 Å². The molecule has 2 saturated heterocycles. The van der Waals surface area contributed by atoms with Gasteiger partial charge in [-0.3, -0.25) is 4.90 Å². The van der Waals surface area contributed by atoms with Crippen molar-refractivity contribution in [3.63, 3.8) is 0 Å². The van der Waals surface area contributed by atoms with Gasteiger partial charge >= 0.3 is 5.97 Å². The third kappa shape index (κ3) is 5.41. The van der Waals surface area contributed by atoms with Crippen LogP contribution in [0.3, 0.4) is 0 Å². The van der Waals surface area contributed by atoms with Crippen LogP contribution in [0.1, 0.15) is 52.6 Å². The first-order valence-corrected chi connectivity index (χ1v) is 13.4. The number of benzene rings is 2. The van der Waals surface area contributed by atoms with Crippen LogP contribution in [0.2, 0.25) is 5.02 Å². The Morgan fingerprint density at radius 2 is 1.89 bits per heavy atom. The number of aromatic carboxylic acids is 1. The summed E-state index contributed by atoms with van der Waals surface area (Å²) in [6.07, 6.45) is 5.04. The van der Waals surface area contributed by atoms with Crippen LogP contribution in [0.25, 0.3) is 11.0 Å². The number of fused-ring (bicyclic) bond motifs is 1. The Labute approximate surface area is 225 Å². The van der Waals surface area contributed by atoms with Gasteiger partial charge in [0.1, 0.15) is 12.4 Å². The molecule has 9 nitrogen and oxygen atoms in total. The smallest absolute Gasteiger partial charge is 0.335 e. The quantitative estimate of drug-likeness (QED) is 0.340. The molecule has 2 aliphatic heterocycles. The van der Waals surface area contributed by atoms with Crippen molar-refractivity contribution >= 4 is 28.6 Å². The molecule has 2 aromatic heterocycles. The van der Waals surface area contributed by atoms with E-state index >= 15 is 0 Å². The van der Waals surface area contributed by atoms with E-state index in [9.17, 15) is 9.90 Å². The minimum absolute atomic E-state index is 0.155. The normalized spacial score (nSPS) is 18.5. The molecule has 0 unspecified atom stereocenters. The molecule has 10 heteroatoms. The van der Waals surface area contributed by atoms with Gasteiger partial charge in [0.25, 0.3) is 0 Å². The van der Waals surface area contributed by atoms with E-state index in [1.807, 2.05) is 36.5 Å². The Hall–Kier alpha value is -3.40. The maximum Gasteiger partial charge on any atom is 0.335 e. The summed E-state index contributed by atoms with van der Waals surface area (Å²) in [5, 5.41) is 14.8. The van der Waals surface area contributed by atoms with E-state index in [0.717, 1.165) is 73.6 Å². The number of carbonyl (C=O) groups is 1. The van der Waals surface area contributed by atoms with Crippen molar-refractivity contribution in [1.82, 2.24) is 24.4 Å². The lowest BCUT2D eigenvalue weighted by molar-refractivity contribution is -0.0592. The molecule has 4 aromatic rings. The van der Waals surface area contributed by atoms with E-state index in [0.29, 0.717) is 24.1 Å². The number of halogens is 1. The van der Waals surface area contributed by atoms with E-state index < -0.39 is 5.97 Å². The maximum atomic E-state index is 11.5. The van der Waals surface area contributed by atoms with E-state index in [-0.39, 0.29) is 11.7 Å². The lowest BCUT2D eigenvalue weighted by Crippen LogP contribution is -2.35. The van der Waals surface area contributed by atoms with E-state index in [1.54, 1.807) is 23.0 Å². The average Bonchev–Trinajstić information content (AvgIpc) is 3.50. The molecule has 0 bridgehead atoms. The third-order valence-corrected chi connectivity index (χ3v) is 7.74. The first-order chi connectivity index (χ1) is 18.5. The number of ether oxygens (including phenoxy) is 1. The highest BCUT2D eigenvalue weighted by Crippen LogP contribution is 2.29. The summed E-state index contributed by atoms with van der Waals surface area (Å²) in [5.41, 5.74) is 4.04. The summed E-state index contributed by atoms with van der Waals surface area (Å²) < 4.78 is 7.83. The van der Waals surface area contributed by atoms with Crippen LogP contribution in [0.5, 0.6) is 0 Å². The third-order valence-electron chi connectivity index (χ3n) is 7.49. The van der Waals surface area contributed by atoms with Gasteiger partial charge in [-0.1, -0.05) is 23.7 Å². The highest BCUT2D eigenvalue weighted by atomic mass is 35.5. The molecule has 6 rings (SSSR count). The monoisotopic (exact) mass is 535 g/mol. The van der Waals surface area contributed by atoms with Crippen molar-refractivity contribution in [2.75, 3.05) is 19.7 Å². The van der Waals surface area contributed by atoms with Crippen LogP contribution in [0, 0.1) is 0 Å². The standard InChI is InChI=1S/C28H30ClN5O4/c29-22-4-1-19(2-5-22)18-38-34-13-9-24(31-34)20-7-11-32(12-8-20)17-27-30-25-6-3-21(28(35)36)15-26(25)33(27)16-23-10-14-37-23/h1-6,9,13,15,20,23H,7-8,10-12,14,16-18H2,(H,35,36)/t23-/m0/s1. The number of carboxylic acid groups (broad SMARTS) is 1. The Kier molecular flexibility index (Phi) is 7.06. The Morgan fingerprint density at radius 1 is 1.11 bits per heavy atom. The number of nitrogens with zero attached hydrogens (tertiary/aromatic N) is 5. The molecular formula is C28H30ClN5O4. The highest BCUT2D eigenvalue weighted by molar-refractivity contribution is 6.30. The first-order valence-electron chi connectivity index (χ1n) is 13.0. The van der Waals surface area contributed by atoms with Gasteiger partial charge in [0.05, 0.1) is 47.7 Å². The summed E-state index contributed by atoms with van der Waals surface area (Å²) in [6.45, 7) is 4.49. The first kappa shape index (κ1) is 24.9. The molecule has 0 saturated carbocycles. The van der Waals surface area contributed by atoms with Crippen molar-refractivity contribution in [2.24, 2.45) is 0 Å². The summed E-state index contributed by atoms with van der Waals surface area (Å²) in [7, 11) is 0. The van der Waals surface area contributed by atoms with Gasteiger partial charge in [-0.25, -0.2) is 9.78 Å². The summed E-state index contributed by atoms with van der Waals surface area (Å²) in [5.74, 6) is 0.407. The highest BCUT2D eigenvalue weighted by Gasteiger charge is 2.26. The molecular weight excluding hydrogens is 506 g/mol. The fraction of sp³-hybridized carbons (Fsp3) is 0.393. The van der Waals surface area contributed by atoms with E-state index in [4.69, 9.17) is 26.2 Å². The Bertz CT molecular complexity index is 1420. The number of piperidine rings is 1. The largest absolute Gasteiger partial charge is 0.478 e. The van der Waals surface area contributed by atoms with Gasteiger partial charge in [0.15, 0.2) is 0 Å². The summed E-state index contributed by atoms with van der Waals surface area (Å²) in [4.78, 5) is 26.2. The molecule has 0 aliphatic carbocycles. The minimum Gasteiger partial charge on any atom is -0.478 e. The molecule has 4 heterocycles. The second kappa shape index (κ2) is 10.8. The van der Waals surface area contributed by atoms with Crippen LogP contribution in [-0.4, -0.2) is 61.3 Å². The molecule has 2 fully saturated rings. The zero-order valence-corrected chi connectivity index (χ0v) is 21.8. The molecule has 2 aliphatic rings. The number of likely N-dealkylation sites (tertiary alicyclic amines) is 1. The van der Waals surface area contributed by atoms with E-state index in [1.165, 1.54) is 0 Å². The zero-order chi connectivity index (χ0) is 26.1. The molecule has 1 N–H and O–H groups in total. The zero-order valence-electron chi connectivity index (χ0n) is 21.0. The van der Waals surface area contributed by atoms with Crippen LogP contribution < -0.4 is 4.84 Å². The second-order valence-electron chi connectivity index (χ2n) is 10.0. The van der Waals surface area contributed by atoms with Crippen LogP contribution in [-0.2, 0) is 24.4 Å². The van der Waals surface area contributed by atoms with E-state index in [2.05, 4.69) is 14.6 Å². The van der Waals surface area contributed by atoms with Gasteiger partial charge in [0, 0.05) is 17.5 Å². The fourth-order valence-corrected chi connectivity index (χ4v) is 5.31. The van der Waals surface area contributed by atoms with Crippen molar-refractivity contribution < 1.29 is 19.5 Å². The SMILES string of the molecule is O=C(O)c1ccc2nc(CN3CCC(c4ccn(OCc5ccc(Cl)cc5)n4)CC3)n(C[C@@H]3CCO3)c2c1. The van der Waals surface area contributed by atoms with Crippen molar-refractivity contribution in [3.05, 3.63) is 82.4 Å². The average molecular weight is 536 g/mol. The predicted molar refractivity (Wildman–Crippen MR) is 142 cm³/mol. The number of carboxylic acids is 1. The van der Waals surface area contributed by atoms with Crippen LogP contribution >= 0.6 is 11.6 Å². The lowest BCUT2D eigenvalue weighted by atomic mass is 9.94. The molecule has 198 valence electrons. The number of imidazole rings is 1. The number of rotatable bonds is 9. The fourth-order valence-electron chi connectivity index (χ4n) is 5.18. The Balaban J connectivity index is 1.09. The molecule has 2 aromatic carbocycles. The molecule has 38 heavy (non-hydrogen) atoms. The molecule has 0 amide bonds. The van der Waals surface area contributed by atoms with Gasteiger partial charge < -0.3 is 19.2 Å². The summed E-state index contributed by atoms with van der Waals surface area (Å²) in [6, 6.07) is 14.8. The molecule has 0 spiro atoms. The minimum atomic E-state index is -0.930. The Morgan fingerprint density at radius 3 is 2.61 bits per heavy atom. The summed E-state index contributed by atoms with van der Waals surface area (Å²) >= 11 is 5.95. The van der Waals surface area contributed by atoms with Crippen molar-refractivity contribution in [3.8, 4) is 0 Å². The van der Waals surface area contributed by atoms with Gasteiger partial charge in [-0.15, -0.1) is 9.94 Å².